The van der Waals surface area contributed by atoms with E-state index in [0.717, 1.165) is 18.7 Å². The molecule has 0 radical (unpaired) electrons. The molecule has 0 aliphatic carbocycles. The van der Waals surface area contributed by atoms with Crippen LogP contribution in [0.25, 0.3) is 0 Å². The highest BCUT2D eigenvalue weighted by Crippen LogP contribution is 2.12. The van der Waals surface area contributed by atoms with Gasteiger partial charge < -0.3 is 20.5 Å². The number of ether oxygens (including phenoxy) is 1. The molecule has 0 aromatic heterocycles. The Morgan fingerprint density at radius 1 is 1.29 bits per heavy atom. The first-order chi connectivity index (χ1) is 11.5. The van der Waals surface area contributed by atoms with E-state index in [1.54, 1.807) is 18.2 Å². The van der Waals surface area contributed by atoms with E-state index < -0.39 is 0 Å². The SMILES string of the molecule is CC(Cc1cccc(O)c1)NC(=O)CNC(=O)CN1CCOCC1. The molecule has 2 amide bonds. The maximum Gasteiger partial charge on any atom is 0.239 e. The molecular weight excluding hydrogens is 310 g/mol. The van der Waals surface area contributed by atoms with Gasteiger partial charge in [0.05, 0.1) is 26.3 Å². The largest absolute Gasteiger partial charge is 0.508 e. The number of amides is 2. The van der Waals surface area contributed by atoms with Gasteiger partial charge >= 0.3 is 0 Å². The van der Waals surface area contributed by atoms with Gasteiger partial charge in [0.15, 0.2) is 0 Å². The van der Waals surface area contributed by atoms with Gasteiger partial charge in [0.1, 0.15) is 5.75 Å². The van der Waals surface area contributed by atoms with Gasteiger partial charge in [-0.05, 0) is 31.0 Å². The minimum absolute atomic E-state index is 0.0342. The number of morpholine rings is 1. The quantitative estimate of drug-likeness (QED) is 0.647. The van der Waals surface area contributed by atoms with E-state index in [4.69, 9.17) is 4.74 Å². The lowest BCUT2D eigenvalue weighted by Crippen LogP contribution is -2.46. The maximum absolute atomic E-state index is 11.9. The van der Waals surface area contributed by atoms with Crippen LogP contribution >= 0.6 is 0 Å². The number of carbonyl (C=O) groups excluding carboxylic acids is 2. The average molecular weight is 335 g/mol. The van der Waals surface area contributed by atoms with E-state index in [2.05, 4.69) is 10.6 Å². The van der Waals surface area contributed by atoms with Crippen molar-refractivity contribution >= 4 is 11.8 Å². The zero-order valence-electron chi connectivity index (χ0n) is 14.0. The number of hydrogen-bond donors (Lipinski definition) is 3. The van der Waals surface area contributed by atoms with Crippen molar-refractivity contribution < 1.29 is 19.4 Å². The molecule has 1 atom stereocenters. The molecule has 1 aromatic rings. The summed E-state index contributed by atoms with van der Waals surface area (Å²) in [6, 6.07) is 6.86. The lowest BCUT2D eigenvalue weighted by atomic mass is 10.1. The predicted molar refractivity (Wildman–Crippen MR) is 89.7 cm³/mol. The smallest absolute Gasteiger partial charge is 0.239 e. The molecule has 0 bridgehead atoms. The molecule has 1 unspecified atom stereocenters. The minimum atomic E-state index is -0.224. The summed E-state index contributed by atoms with van der Waals surface area (Å²) in [4.78, 5) is 25.7. The zero-order valence-corrected chi connectivity index (χ0v) is 14.0. The van der Waals surface area contributed by atoms with Crippen molar-refractivity contribution in [1.29, 1.82) is 0 Å². The van der Waals surface area contributed by atoms with Crippen molar-refractivity contribution in [3.63, 3.8) is 0 Å². The second-order valence-electron chi connectivity index (χ2n) is 6.01. The molecule has 132 valence electrons. The third kappa shape index (κ3) is 6.55. The van der Waals surface area contributed by atoms with Crippen LogP contribution in [0.15, 0.2) is 24.3 Å². The first-order valence-electron chi connectivity index (χ1n) is 8.17. The van der Waals surface area contributed by atoms with Gasteiger partial charge in [-0.1, -0.05) is 12.1 Å². The van der Waals surface area contributed by atoms with Crippen molar-refractivity contribution in [1.82, 2.24) is 15.5 Å². The molecule has 1 heterocycles. The number of hydrogen-bond acceptors (Lipinski definition) is 5. The fraction of sp³-hybridized carbons (Fsp3) is 0.529. The number of phenols is 1. The highest BCUT2D eigenvalue weighted by molar-refractivity contribution is 5.85. The van der Waals surface area contributed by atoms with Gasteiger partial charge in [0.25, 0.3) is 0 Å². The standard InChI is InChI=1S/C17H25N3O4/c1-13(9-14-3-2-4-15(21)10-14)19-16(22)11-18-17(23)12-20-5-7-24-8-6-20/h2-4,10,13,21H,5-9,11-12H2,1H3,(H,18,23)(H,19,22). The summed E-state index contributed by atoms with van der Waals surface area (Å²) in [6.07, 6.45) is 0.613. The van der Waals surface area contributed by atoms with Crippen LogP contribution in [0.2, 0.25) is 0 Å². The number of rotatable bonds is 7. The molecule has 0 spiro atoms. The first kappa shape index (κ1) is 18.2. The molecule has 2 rings (SSSR count). The van der Waals surface area contributed by atoms with Gasteiger partial charge in [-0.3, -0.25) is 14.5 Å². The van der Waals surface area contributed by atoms with Gasteiger partial charge in [-0.15, -0.1) is 0 Å². The van der Waals surface area contributed by atoms with Crippen molar-refractivity contribution in [2.75, 3.05) is 39.4 Å². The molecule has 24 heavy (non-hydrogen) atoms. The second kappa shape index (κ2) is 9.24. The fourth-order valence-corrected chi connectivity index (χ4v) is 2.61. The molecule has 7 nitrogen and oxygen atoms in total. The Bertz CT molecular complexity index is 559. The summed E-state index contributed by atoms with van der Waals surface area (Å²) in [6.45, 7) is 4.89. The second-order valence-corrected chi connectivity index (χ2v) is 6.01. The molecule has 1 aliphatic rings. The number of phenolic OH excluding ortho intramolecular Hbond substituents is 1. The topological polar surface area (TPSA) is 90.9 Å². The summed E-state index contributed by atoms with van der Waals surface area (Å²) in [5, 5.41) is 14.9. The summed E-state index contributed by atoms with van der Waals surface area (Å²) in [5.74, 6) is -0.174. The lowest BCUT2D eigenvalue weighted by Gasteiger charge is -2.25. The number of nitrogens with zero attached hydrogens (tertiary/aromatic N) is 1. The number of nitrogens with one attached hydrogen (secondary N) is 2. The monoisotopic (exact) mass is 335 g/mol. The zero-order chi connectivity index (χ0) is 17.4. The van der Waals surface area contributed by atoms with Crippen molar-refractivity contribution in [2.45, 2.75) is 19.4 Å². The van der Waals surface area contributed by atoms with Crippen molar-refractivity contribution in [3.8, 4) is 5.75 Å². The third-order valence-corrected chi connectivity index (χ3v) is 3.78. The van der Waals surface area contributed by atoms with E-state index in [9.17, 15) is 14.7 Å². The van der Waals surface area contributed by atoms with E-state index in [-0.39, 0.29) is 36.7 Å². The van der Waals surface area contributed by atoms with E-state index >= 15 is 0 Å². The van der Waals surface area contributed by atoms with Crippen molar-refractivity contribution in [3.05, 3.63) is 29.8 Å². The summed E-state index contributed by atoms with van der Waals surface area (Å²) in [5.41, 5.74) is 0.944. The van der Waals surface area contributed by atoms with Crippen LogP contribution in [0.4, 0.5) is 0 Å². The summed E-state index contributed by atoms with van der Waals surface area (Å²) < 4.78 is 5.23. The normalized spacial score (nSPS) is 16.4. The fourth-order valence-electron chi connectivity index (χ4n) is 2.61. The Labute approximate surface area is 142 Å². The predicted octanol–water partition coefficient (Wildman–Crippen LogP) is -0.112. The molecular formula is C17H25N3O4. The molecule has 1 fully saturated rings. The summed E-state index contributed by atoms with van der Waals surface area (Å²) >= 11 is 0. The average Bonchev–Trinajstić information content (AvgIpc) is 2.54. The van der Waals surface area contributed by atoms with Crippen LogP contribution in [-0.4, -0.2) is 67.3 Å². The Morgan fingerprint density at radius 3 is 2.75 bits per heavy atom. The summed E-state index contributed by atoms with van der Waals surface area (Å²) in [7, 11) is 0. The van der Waals surface area contributed by atoms with E-state index in [1.165, 1.54) is 0 Å². The van der Waals surface area contributed by atoms with E-state index in [1.807, 2.05) is 17.9 Å². The molecule has 1 aliphatic heterocycles. The van der Waals surface area contributed by atoms with Crippen LogP contribution in [0.3, 0.4) is 0 Å². The number of aromatic hydroxyl groups is 1. The van der Waals surface area contributed by atoms with Crippen LogP contribution in [0.5, 0.6) is 5.75 Å². The third-order valence-electron chi connectivity index (χ3n) is 3.78. The number of benzene rings is 1. The maximum atomic E-state index is 11.9. The Morgan fingerprint density at radius 2 is 2.04 bits per heavy atom. The molecule has 1 saturated heterocycles. The highest BCUT2D eigenvalue weighted by Gasteiger charge is 2.15. The lowest BCUT2D eigenvalue weighted by molar-refractivity contribution is -0.127. The van der Waals surface area contributed by atoms with Gasteiger partial charge in [-0.25, -0.2) is 0 Å². The molecule has 3 N–H and O–H groups in total. The molecule has 1 aromatic carbocycles. The van der Waals surface area contributed by atoms with Crippen LogP contribution in [-0.2, 0) is 20.7 Å². The Hall–Kier alpha value is -2.12. The molecule has 7 heteroatoms. The minimum Gasteiger partial charge on any atom is -0.508 e. The number of carbonyl (C=O) groups is 2. The van der Waals surface area contributed by atoms with Gasteiger partial charge in [0.2, 0.25) is 11.8 Å². The Kier molecular flexibility index (Phi) is 7.02. The van der Waals surface area contributed by atoms with Gasteiger partial charge in [0, 0.05) is 19.1 Å². The molecule has 0 saturated carbocycles. The van der Waals surface area contributed by atoms with Crippen LogP contribution in [0.1, 0.15) is 12.5 Å². The highest BCUT2D eigenvalue weighted by atomic mass is 16.5. The first-order valence-corrected chi connectivity index (χ1v) is 8.17. The van der Waals surface area contributed by atoms with Crippen molar-refractivity contribution in [2.24, 2.45) is 0 Å². The van der Waals surface area contributed by atoms with E-state index in [0.29, 0.717) is 19.6 Å². The van der Waals surface area contributed by atoms with Crippen LogP contribution in [0, 0.1) is 0 Å². The Balaban J connectivity index is 1.65. The van der Waals surface area contributed by atoms with Gasteiger partial charge in [-0.2, -0.15) is 0 Å². The van der Waals surface area contributed by atoms with Crippen LogP contribution < -0.4 is 10.6 Å².